The van der Waals surface area contributed by atoms with E-state index in [4.69, 9.17) is 4.74 Å². The van der Waals surface area contributed by atoms with Gasteiger partial charge in [0.05, 0.1) is 13.2 Å². The lowest BCUT2D eigenvalue weighted by Crippen LogP contribution is -2.42. The number of nitrogens with one attached hydrogen (secondary N) is 2. The molecule has 0 radical (unpaired) electrons. The molecule has 1 aromatic rings. The van der Waals surface area contributed by atoms with Crippen LogP contribution in [0.5, 0.6) is 0 Å². The summed E-state index contributed by atoms with van der Waals surface area (Å²) in [5.74, 6) is 0. The summed E-state index contributed by atoms with van der Waals surface area (Å²) in [6.45, 7) is 9.17. The van der Waals surface area contributed by atoms with Crippen LogP contribution in [0.25, 0.3) is 0 Å². The van der Waals surface area contributed by atoms with Gasteiger partial charge in [-0.15, -0.1) is 0 Å². The van der Waals surface area contributed by atoms with E-state index in [0.29, 0.717) is 6.04 Å². The van der Waals surface area contributed by atoms with Crippen molar-refractivity contribution in [2.45, 2.75) is 32.7 Å². The molecular weight excluding hydrogens is 236 g/mol. The van der Waals surface area contributed by atoms with Crippen LogP contribution in [0.3, 0.4) is 0 Å². The largest absolute Gasteiger partial charge is 0.379 e. The number of hydrogen-bond acceptors (Lipinski definition) is 3. The molecule has 0 saturated carbocycles. The van der Waals surface area contributed by atoms with Crippen LogP contribution in [0.4, 0.5) is 0 Å². The molecule has 1 aromatic carbocycles. The highest BCUT2D eigenvalue weighted by Gasteiger charge is 2.11. The molecule has 106 valence electrons. The first kappa shape index (κ1) is 14.5. The monoisotopic (exact) mass is 262 g/mol. The minimum Gasteiger partial charge on any atom is -0.379 e. The van der Waals surface area contributed by atoms with E-state index >= 15 is 0 Å². The van der Waals surface area contributed by atoms with Crippen LogP contribution in [0.1, 0.15) is 23.1 Å². The Kier molecular flexibility index (Phi) is 5.83. The molecule has 1 saturated heterocycles. The van der Waals surface area contributed by atoms with E-state index in [9.17, 15) is 0 Å². The predicted molar refractivity (Wildman–Crippen MR) is 79.7 cm³/mol. The van der Waals surface area contributed by atoms with Gasteiger partial charge in [0.25, 0.3) is 0 Å². The maximum absolute atomic E-state index is 5.45. The number of hydrogen-bond donors (Lipinski definition) is 2. The van der Waals surface area contributed by atoms with Gasteiger partial charge in [0.15, 0.2) is 0 Å². The van der Waals surface area contributed by atoms with Crippen LogP contribution in [-0.2, 0) is 11.2 Å². The Hall–Kier alpha value is -0.900. The third-order valence-electron chi connectivity index (χ3n) is 3.74. The fourth-order valence-electron chi connectivity index (χ4n) is 2.56. The summed E-state index contributed by atoms with van der Waals surface area (Å²) in [6, 6.07) is 7.25. The molecule has 3 heteroatoms. The third kappa shape index (κ3) is 4.94. The molecule has 1 unspecified atom stereocenters. The second-order valence-corrected chi connectivity index (χ2v) is 5.44. The SMILES string of the molecule is Cc1ccc(CCNCCC2COCCN2)c(C)c1. The lowest BCUT2D eigenvalue weighted by Gasteiger charge is -2.23. The number of benzene rings is 1. The van der Waals surface area contributed by atoms with Crippen LogP contribution in [0, 0.1) is 13.8 Å². The van der Waals surface area contributed by atoms with E-state index in [-0.39, 0.29) is 0 Å². The normalized spacial score (nSPS) is 19.6. The molecule has 2 N–H and O–H groups in total. The van der Waals surface area contributed by atoms with Gasteiger partial charge in [-0.1, -0.05) is 23.8 Å². The highest BCUT2D eigenvalue weighted by atomic mass is 16.5. The first-order chi connectivity index (χ1) is 9.25. The van der Waals surface area contributed by atoms with Crippen molar-refractivity contribution in [2.24, 2.45) is 0 Å². The zero-order chi connectivity index (χ0) is 13.5. The number of rotatable bonds is 6. The van der Waals surface area contributed by atoms with Gasteiger partial charge in [-0.2, -0.15) is 0 Å². The third-order valence-corrected chi connectivity index (χ3v) is 3.74. The minimum atomic E-state index is 0.530. The second kappa shape index (κ2) is 7.63. The second-order valence-electron chi connectivity index (χ2n) is 5.44. The molecule has 0 bridgehead atoms. The van der Waals surface area contributed by atoms with E-state index < -0.39 is 0 Å². The minimum absolute atomic E-state index is 0.530. The standard InChI is InChI=1S/C16H26N2O/c1-13-3-4-15(14(2)11-13)5-7-17-8-6-16-12-19-10-9-18-16/h3-4,11,16-18H,5-10,12H2,1-2H3. The summed E-state index contributed by atoms with van der Waals surface area (Å²) in [5.41, 5.74) is 4.21. The van der Waals surface area contributed by atoms with Crippen LogP contribution in [-0.4, -0.2) is 38.9 Å². The van der Waals surface area contributed by atoms with E-state index in [1.54, 1.807) is 0 Å². The van der Waals surface area contributed by atoms with E-state index in [2.05, 4.69) is 42.7 Å². The Morgan fingerprint density at radius 1 is 1.32 bits per heavy atom. The van der Waals surface area contributed by atoms with Gasteiger partial charge in [0.1, 0.15) is 0 Å². The Balaban J connectivity index is 1.61. The van der Waals surface area contributed by atoms with Crippen molar-refractivity contribution < 1.29 is 4.74 Å². The molecule has 1 aliphatic heterocycles. The van der Waals surface area contributed by atoms with Crippen molar-refractivity contribution in [3.8, 4) is 0 Å². The van der Waals surface area contributed by atoms with Gasteiger partial charge in [-0.3, -0.25) is 0 Å². The van der Waals surface area contributed by atoms with Crippen molar-refractivity contribution in [3.63, 3.8) is 0 Å². The molecule has 1 fully saturated rings. The molecular formula is C16H26N2O. The average molecular weight is 262 g/mol. The summed E-state index contributed by atoms with van der Waals surface area (Å²) >= 11 is 0. The summed E-state index contributed by atoms with van der Waals surface area (Å²) < 4.78 is 5.45. The zero-order valence-corrected chi connectivity index (χ0v) is 12.2. The molecule has 1 heterocycles. The molecule has 3 nitrogen and oxygen atoms in total. The molecule has 1 aliphatic rings. The van der Waals surface area contributed by atoms with Gasteiger partial charge in [0.2, 0.25) is 0 Å². The Bertz CT molecular complexity index is 386. The lowest BCUT2D eigenvalue weighted by atomic mass is 10.0. The van der Waals surface area contributed by atoms with Crippen molar-refractivity contribution in [3.05, 3.63) is 34.9 Å². The molecule has 0 spiro atoms. The summed E-state index contributed by atoms with van der Waals surface area (Å²) in [7, 11) is 0. The van der Waals surface area contributed by atoms with E-state index in [1.165, 1.54) is 16.7 Å². The Morgan fingerprint density at radius 3 is 2.95 bits per heavy atom. The highest BCUT2D eigenvalue weighted by molar-refractivity contribution is 5.30. The molecule has 0 aromatic heterocycles. The van der Waals surface area contributed by atoms with Crippen molar-refractivity contribution in [1.82, 2.24) is 10.6 Å². The van der Waals surface area contributed by atoms with Gasteiger partial charge in [0, 0.05) is 12.6 Å². The maximum Gasteiger partial charge on any atom is 0.0620 e. The fourth-order valence-corrected chi connectivity index (χ4v) is 2.56. The van der Waals surface area contributed by atoms with Crippen LogP contribution < -0.4 is 10.6 Å². The average Bonchev–Trinajstić information content (AvgIpc) is 2.42. The van der Waals surface area contributed by atoms with Gasteiger partial charge < -0.3 is 15.4 Å². The molecule has 2 rings (SSSR count). The summed E-state index contributed by atoms with van der Waals surface area (Å²) in [6.07, 6.45) is 2.26. The maximum atomic E-state index is 5.45. The van der Waals surface area contributed by atoms with Gasteiger partial charge in [-0.05, 0) is 50.9 Å². The zero-order valence-electron chi connectivity index (χ0n) is 12.2. The molecule has 1 atom stereocenters. The van der Waals surface area contributed by atoms with Crippen LogP contribution >= 0.6 is 0 Å². The lowest BCUT2D eigenvalue weighted by molar-refractivity contribution is 0.0743. The van der Waals surface area contributed by atoms with Crippen molar-refractivity contribution in [2.75, 3.05) is 32.8 Å². The number of ether oxygens (including phenoxy) is 1. The fraction of sp³-hybridized carbons (Fsp3) is 0.625. The first-order valence-electron chi connectivity index (χ1n) is 7.33. The van der Waals surface area contributed by atoms with E-state index in [1.807, 2.05) is 0 Å². The quantitative estimate of drug-likeness (QED) is 0.767. The number of morpholine rings is 1. The summed E-state index contributed by atoms with van der Waals surface area (Å²) in [5, 5.41) is 7.01. The smallest absolute Gasteiger partial charge is 0.0620 e. The van der Waals surface area contributed by atoms with Crippen LogP contribution in [0.15, 0.2) is 18.2 Å². The predicted octanol–water partition coefficient (Wildman–Crippen LogP) is 1.81. The van der Waals surface area contributed by atoms with Gasteiger partial charge in [-0.25, -0.2) is 0 Å². The van der Waals surface area contributed by atoms with Gasteiger partial charge >= 0.3 is 0 Å². The molecule has 0 aliphatic carbocycles. The Morgan fingerprint density at radius 2 is 2.21 bits per heavy atom. The first-order valence-corrected chi connectivity index (χ1v) is 7.33. The Labute approximate surface area is 116 Å². The van der Waals surface area contributed by atoms with E-state index in [0.717, 1.165) is 45.7 Å². The van der Waals surface area contributed by atoms with Crippen LogP contribution in [0.2, 0.25) is 0 Å². The summed E-state index contributed by atoms with van der Waals surface area (Å²) in [4.78, 5) is 0. The molecule has 0 amide bonds. The number of aryl methyl sites for hydroxylation is 2. The van der Waals surface area contributed by atoms with Crippen molar-refractivity contribution in [1.29, 1.82) is 0 Å². The van der Waals surface area contributed by atoms with Crippen molar-refractivity contribution >= 4 is 0 Å². The molecule has 19 heavy (non-hydrogen) atoms. The highest BCUT2D eigenvalue weighted by Crippen LogP contribution is 2.10. The topological polar surface area (TPSA) is 33.3 Å².